The minimum absolute atomic E-state index is 0.482. The number of aromatic amines is 1. The van der Waals surface area contributed by atoms with Gasteiger partial charge in [0.2, 0.25) is 0 Å². The molecule has 130 valence electrons. The molecular weight excluding hydrogens is 391 g/mol. The van der Waals surface area contributed by atoms with Crippen LogP contribution in [0.5, 0.6) is 0 Å². The Hall–Kier alpha value is -2.48. The third kappa shape index (κ3) is 3.29. The maximum Gasteiger partial charge on any atom is 0.200 e. The van der Waals surface area contributed by atoms with Crippen molar-refractivity contribution in [3.05, 3.63) is 75.5 Å². The molecule has 0 fully saturated rings. The molecule has 9 heteroatoms. The first-order valence-corrected chi connectivity index (χ1v) is 8.83. The zero-order chi connectivity index (χ0) is 18.1. The fourth-order valence-electron chi connectivity index (χ4n) is 2.64. The molecule has 0 bridgehead atoms. The number of benzene rings is 2. The highest BCUT2D eigenvalue weighted by molar-refractivity contribution is 7.71. The maximum atomic E-state index is 6.34. The summed E-state index contributed by atoms with van der Waals surface area (Å²) in [4.78, 5) is 3.95. The molecule has 2 heterocycles. The largest absolute Gasteiger partial charge is 0.268 e. The molecule has 0 aliphatic heterocycles. The number of aromatic nitrogens is 6. The van der Waals surface area contributed by atoms with Crippen molar-refractivity contribution >= 4 is 35.4 Å². The minimum atomic E-state index is 0.482. The fourth-order valence-corrected chi connectivity index (χ4v) is 3.37. The molecule has 0 amide bonds. The van der Waals surface area contributed by atoms with Gasteiger partial charge in [-0.15, -0.1) is 0 Å². The molecule has 2 aromatic heterocycles. The van der Waals surface area contributed by atoms with Crippen LogP contribution in [0.4, 0.5) is 0 Å². The van der Waals surface area contributed by atoms with E-state index in [0.717, 1.165) is 16.8 Å². The highest BCUT2D eigenvalue weighted by Gasteiger charge is 2.14. The van der Waals surface area contributed by atoms with Gasteiger partial charge < -0.3 is 0 Å². The molecule has 4 rings (SSSR count). The highest BCUT2D eigenvalue weighted by atomic mass is 35.5. The predicted octanol–water partition coefficient (Wildman–Crippen LogP) is 4.54. The Morgan fingerprint density at radius 1 is 1.08 bits per heavy atom. The predicted molar refractivity (Wildman–Crippen MR) is 103 cm³/mol. The summed E-state index contributed by atoms with van der Waals surface area (Å²) in [7, 11) is 0. The molecule has 0 unspecified atom stereocenters. The van der Waals surface area contributed by atoms with Gasteiger partial charge in [-0.2, -0.15) is 10.2 Å². The fraction of sp³-hybridized carbons (Fsp3) is 0.0588. The summed E-state index contributed by atoms with van der Waals surface area (Å²) < 4.78 is 4.08. The van der Waals surface area contributed by atoms with Gasteiger partial charge in [-0.05, 0) is 48.1 Å². The van der Waals surface area contributed by atoms with Crippen molar-refractivity contribution in [1.82, 2.24) is 29.5 Å². The molecule has 0 aliphatic rings. The van der Waals surface area contributed by atoms with Crippen LogP contribution < -0.4 is 0 Å². The first-order valence-electron chi connectivity index (χ1n) is 7.66. The molecule has 0 aliphatic carbocycles. The lowest BCUT2D eigenvalue weighted by molar-refractivity contribution is 0.685. The number of hydrogen-bond acceptors (Lipinski definition) is 4. The van der Waals surface area contributed by atoms with Gasteiger partial charge in [-0.3, -0.25) is 9.67 Å². The van der Waals surface area contributed by atoms with Crippen LogP contribution in [0.1, 0.15) is 5.56 Å². The molecule has 2 aromatic carbocycles. The normalized spacial score (nSPS) is 11.0. The average Bonchev–Trinajstić information content (AvgIpc) is 3.26. The molecule has 0 spiro atoms. The van der Waals surface area contributed by atoms with Gasteiger partial charge in [0.1, 0.15) is 12.7 Å². The number of halogens is 2. The zero-order valence-corrected chi connectivity index (χ0v) is 15.6. The van der Waals surface area contributed by atoms with E-state index in [0.29, 0.717) is 27.2 Å². The molecule has 0 atom stereocenters. The molecule has 0 saturated heterocycles. The van der Waals surface area contributed by atoms with Crippen molar-refractivity contribution < 1.29 is 0 Å². The number of H-pyrrole nitrogens is 1. The summed E-state index contributed by atoms with van der Waals surface area (Å²) in [6, 6.07) is 13.3. The van der Waals surface area contributed by atoms with Crippen molar-refractivity contribution in [3.8, 4) is 17.1 Å². The Kier molecular flexibility index (Phi) is 4.58. The second-order valence-electron chi connectivity index (χ2n) is 5.57. The van der Waals surface area contributed by atoms with Crippen LogP contribution in [0.2, 0.25) is 10.0 Å². The standard InChI is InChI=1S/C17H12Cl2N6S/c18-12-3-6-14(15(19)7-12)16-22-23-17(26)25(16)13-4-1-11(2-5-13)8-24-10-20-9-21-24/h1-7,9-10H,8H2,(H,23,26). The van der Waals surface area contributed by atoms with Crippen LogP contribution in [-0.4, -0.2) is 29.5 Å². The molecule has 0 radical (unpaired) electrons. The quantitative estimate of drug-likeness (QED) is 0.508. The van der Waals surface area contributed by atoms with Gasteiger partial charge in [0.15, 0.2) is 10.6 Å². The minimum Gasteiger partial charge on any atom is -0.268 e. The van der Waals surface area contributed by atoms with E-state index in [1.54, 1.807) is 23.1 Å². The summed E-state index contributed by atoms with van der Waals surface area (Å²) in [5, 5.41) is 12.3. The molecule has 6 nitrogen and oxygen atoms in total. The van der Waals surface area contributed by atoms with Gasteiger partial charge in [0.25, 0.3) is 0 Å². The highest BCUT2D eigenvalue weighted by Crippen LogP contribution is 2.30. The Morgan fingerprint density at radius 3 is 2.58 bits per heavy atom. The molecular formula is C17H12Cl2N6S. The van der Waals surface area contributed by atoms with Gasteiger partial charge in [0, 0.05) is 16.3 Å². The van der Waals surface area contributed by atoms with Crippen LogP contribution in [0, 0.1) is 4.77 Å². The van der Waals surface area contributed by atoms with Crippen molar-refractivity contribution in [1.29, 1.82) is 0 Å². The maximum absolute atomic E-state index is 6.34. The van der Waals surface area contributed by atoms with E-state index < -0.39 is 0 Å². The average molecular weight is 403 g/mol. The van der Waals surface area contributed by atoms with Gasteiger partial charge in [-0.1, -0.05) is 35.3 Å². The van der Waals surface area contributed by atoms with Crippen LogP contribution in [-0.2, 0) is 6.54 Å². The van der Waals surface area contributed by atoms with E-state index >= 15 is 0 Å². The summed E-state index contributed by atoms with van der Waals surface area (Å²) in [5.41, 5.74) is 2.72. The van der Waals surface area contributed by atoms with Gasteiger partial charge in [0.05, 0.1) is 11.6 Å². The topological polar surface area (TPSA) is 64.3 Å². The molecule has 1 N–H and O–H groups in total. The SMILES string of the molecule is S=c1[nH]nc(-c2ccc(Cl)cc2Cl)n1-c1ccc(Cn2cncn2)cc1. The van der Waals surface area contributed by atoms with E-state index in [-0.39, 0.29) is 0 Å². The summed E-state index contributed by atoms with van der Waals surface area (Å²) in [6.07, 6.45) is 3.20. The van der Waals surface area contributed by atoms with Gasteiger partial charge >= 0.3 is 0 Å². The lowest BCUT2D eigenvalue weighted by atomic mass is 10.2. The number of rotatable bonds is 4. The van der Waals surface area contributed by atoms with E-state index in [9.17, 15) is 0 Å². The first kappa shape index (κ1) is 17.0. The number of hydrogen-bond donors (Lipinski definition) is 1. The molecule has 26 heavy (non-hydrogen) atoms. The zero-order valence-electron chi connectivity index (χ0n) is 13.3. The Morgan fingerprint density at radius 2 is 1.88 bits per heavy atom. The smallest absolute Gasteiger partial charge is 0.200 e. The number of nitrogens with zero attached hydrogens (tertiary/aromatic N) is 5. The second-order valence-corrected chi connectivity index (χ2v) is 6.80. The Balaban J connectivity index is 1.72. The summed E-state index contributed by atoms with van der Waals surface area (Å²) in [6.45, 7) is 0.646. The molecule has 4 aromatic rings. The second kappa shape index (κ2) is 7.03. The monoisotopic (exact) mass is 402 g/mol. The van der Waals surface area contributed by atoms with Crippen molar-refractivity contribution in [2.75, 3.05) is 0 Å². The molecule has 0 saturated carbocycles. The third-order valence-corrected chi connectivity index (χ3v) is 4.67. The van der Waals surface area contributed by atoms with Crippen molar-refractivity contribution in [2.45, 2.75) is 6.54 Å². The summed E-state index contributed by atoms with van der Waals surface area (Å²) >= 11 is 17.7. The van der Waals surface area contributed by atoms with Crippen LogP contribution in [0.15, 0.2) is 55.1 Å². The van der Waals surface area contributed by atoms with Crippen molar-refractivity contribution in [3.63, 3.8) is 0 Å². The lowest BCUT2D eigenvalue weighted by Gasteiger charge is -2.09. The van der Waals surface area contributed by atoms with Crippen molar-refractivity contribution in [2.24, 2.45) is 0 Å². The first-order chi connectivity index (χ1) is 12.6. The van der Waals surface area contributed by atoms with E-state index in [2.05, 4.69) is 20.3 Å². The van der Waals surface area contributed by atoms with Crippen LogP contribution >= 0.6 is 35.4 Å². The van der Waals surface area contributed by atoms with Gasteiger partial charge in [-0.25, -0.2) is 9.67 Å². The Labute approximate surface area is 164 Å². The van der Waals surface area contributed by atoms with Crippen LogP contribution in [0.25, 0.3) is 17.1 Å². The van der Waals surface area contributed by atoms with E-state index in [4.69, 9.17) is 35.4 Å². The lowest BCUT2D eigenvalue weighted by Crippen LogP contribution is -2.02. The number of nitrogens with one attached hydrogen (secondary N) is 1. The van der Waals surface area contributed by atoms with E-state index in [1.165, 1.54) is 6.33 Å². The summed E-state index contributed by atoms with van der Waals surface area (Å²) in [5.74, 6) is 0.626. The van der Waals surface area contributed by atoms with Crippen LogP contribution in [0.3, 0.4) is 0 Å². The third-order valence-electron chi connectivity index (χ3n) is 3.85. The van der Waals surface area contributed by atoms with E-state index in [1.807, 2.05) is 34.9 Å². The Bertz CT molecular complexity index is 1100.